The quantitative estimate of drug-likeness (QED) is 0.583. The lowest BCUT2D eigenvalue weighted by Crippen LogP contribution is -3.08. The number of rotatable bonds is 2. The van der Waals surface area contributed by atoms with Crippen molar-refractivity contribution in [3.63, 3.8) is 0 Å². The number of amides is 1. The van der Waals surface area contributed by atoms with Crippen LogP contribution in [-0.2, 0) is 14.5 Å². The van der Waals surface area contributed by atoms with Crippen molar-refractivity contribution < 1.29 is 22.3 Å². The van der Waals surface area contributed by atoms with E-state index < -0.39 is 10.1 Å². The summed E-state index contributed by atoms with van der Waals surface area (Å²) < 4.78 is 38.2. The Hall–Kier alpha value is -1.24. The molecule has 1 aliphatic rings. The zero-order valence-electron chi connectivity index (χ0n) is 8.98. The lowest BCUT2D eigenvalue weighted by Gasteiger charge is -2.07. The van der Waals surface area contributed by atoms with Gasteiger partial charge in [-0.05, 0) is 13.0 Å². The van der Waals surface area contributed by atoms with Crippen LogP contribution < -0.4 is 4.90 Å². The molecule has 0 radical (unpaired) electrons. The monoisotopic (exact) mass is 242 g/mol. The van der Waals surface area contributed by atoms with Gasteiger partial charge in [0.05, 0.1) is 17.5 Å². The second-order valence-electron chi connectivity index (χ2n) is 3.60. The molecule has 1 aliphatic heterocycles. The van der Waals surface area contributed by atoms with Crippen molar-refractivity contribution in [3.05, 3.63) is 18.2 Å². The van der Waals surface area contributed by atoms with Gasteiger partial charge in [0.15, 0.2) is 0 Å². The van der Waals surface area contributed by atoms with E-state index in [0.29, 0.717) is 11.4 Å². The van der Waals surface area contributed by atoms with Gasteiger partial charge in [0, 0.05) is 6.07 Å². The van der Waals surface area contributed by atoms with Gasteiger partial charge >= 0.3 is 11.7 Å². The first-order valence-corrected chi connectivity index (χ1v) is 6.32. The molecule has 1 atom stereocenters. The fraction of sp³-hybridized carbons (Fsp3) is 0.300. The highest BCUT2D eigenvalue weighted by molar-refractivity contribution is 7.85. The maximum atomic E-state index is 10.9. The number of hydrogen-bond donors (Lipinski definition) is 1. The molecule has 0 amide bonds. The van der Waals surface area contributed by atoms with E-state index in [1.165, 1.54) is 18.2 Å². The van der Waals surface area contributed by atoms with E-state index in [9.17, 15) is 13.0 Å². The summed E-state index contributed by atoms with van der Waals surface area (Å²) in [6.07, 6.45) is 0. The van der Waals surface area contributed by atoms with E-state index in [1.807, 2.05) is 13.8 Å². The molecule has 0 aliphatic carbocycles. The highest BCUT2D eigenvalue weighted by Crippen LogP contribution is 2.27. The van der Waals surface area contributed by atoms with Crippen LogP contribution in [0.1, 0.15) is 13.8 Å². The molecule has 1 aromatic carbocycles. The number of nitrogens with one attached hydrogen (secondary N) is 1. The molecule has 0 spiro atoms. The predicted octanol–water partition coefficient (Wildman–Crippen LogP) is -0.0639. The zero-order chi connectivity index (χ0) is 11.9. The summed E-state index contributed by atoms with van der Waals surface area (Å²) in [5, 5.41) is 0. The van der Waals surface area contributed by atoms with Crippen molar-refractivity contribution in [2.45, 2.75) is 18.7 Å². The van der Waals surface area contributed by atoms with Crippen LogP contribution in [0, 0.1) is 0 Å². The zero-order valence-corrected chi connectivity index (χ0v) is 9.80. The third kappa shape index (κ3) is 1.75. The molecular weight excluding hydrogens is 230 g/mol. The van der Waals surface area contributed by atoms with E-state index in [-0.39, 0.29) is 4.90 Å². The number of fused-ring (bicyclic) bond motifs is 1. The number of quaternary nitrogens is 1. The minimum absolute atomic E-state index is 0.212. The summed E-state index contributed by atoms with van der Waals surface area (Å²) in [5.74, 6) is 1.37. The minimum Gasteiger partial charge on any atom is -0.744 e. The molecule has 2 rings (SSSR count). The van der Waals surface area contributed by atoms with Gasteiger partial charge in [-0.2, -0.15) is 9.32 Å². The van der Waals surface area contributed by atoms with Crippen LogP contribution in [0.15, 0.2) is 23.1 Å². The summed E-state index contributed by atoms with van der Waals surface area (Å²) in [7, 11) is -4.40. The number of carbonyl (C=O) groups excluding carboxylic acids is 1. The van der Waals surface area contributed by atoms with Crippen molar-refractivity contribution in [2.75, 3.05) is 6.54 Å². The predicted molar refractivity (Wildman–Crippen MR) is 55.7 cm³/mol. The van der Waals surface area contributed by atoms with Crippen LogP contribution in [0.25, 0.3) is 0 Å². The van der Waals surface area contributed by atoms with E-state index >= 15 is 0 Å². The molecule has 5 nitrogen and oxygen atoms in total. The van der Waals surface area contributed by atoms with Gasteiger partial charge in [0.1, 0.15) is 17.0 Å². The molecule has 0 aromatic heterocycles. The second-order valence-corrected chi connectivity index (χ2v) is 4.98. The van der Waals surface area contributed by atoms with Crippen molar-refractivity contribution in [1.82, 2.24) is 0 Å². The average molecular weight is 242 g/mol. The third-order valence-electron chi connectivity index (χ3n) is 2.61. The molecule has 1 heterocycles. The Labute approximate surface area is 93.8 Å². The maximum Gasteiger partial charge on any atom is 0.493 e. The maximum absolute atomic E-state index is 10.9. The molecule has 86 valence electrons. The van der Waals surface area contributed by atoms with Gasteiger partial charge < -0.3 is 4.55 Å². The Morgan fingerprint density at radius 3 is 2.69 bits per heavy atom. The first-order chi connectivity index (χ1) is 7.43. The molecule has 1 unspecified atom stereocenters. The van der Waals surface area contributed by atoms with Crippen molar-refractivity contribution in [1.29, 1.82) is 0 Å². The molecule has 6 heteroatoms. The van der Waals surface area contributed by atoms with Gasteiger partial charge in [-0.1, -0.05) is 0 Å². The van der Waals surface area contributed by atoms with E-state index in [2.05, 4.69) is 0 Å². The smallest absolute Gasteiger partial charge is 0.493 e. The second kappa shape index (κ2) is 3.65. The topological polar surface area (TPSA) is 72.9 Å². The minimum atomic E-state index is -4.40. The largest absolute Gasteiger partial charge is 0.744 e. The summed E-state index contributed by atoms with van der Waals surface area (Å²) in [6, 6.07) is 4.17. The van der Waals surface area contributed by atoms with Gasteiger partial charge in [0.25, 0.3) is 0 Å². The average Bonchev–Trinajstić information content (AvgIpc) is 2.50. The fourth-order valence-electron chi connectivity index (χ4n) is 1.85. The molecule has 0 fully saturated rings. The lowest BCUT2D eigenvalue weighted by atomic mass is 10.3. The molecule has 0 saturated carbocycles. The van der Waals surface area contributed by atoms with Gasteiger partial charge in [0.2, 0.25) is 5.69 Å². The third-order valence-corrected chi connectivity index (χ3v) is 3.44. The summed E-state index contributed by atoms with van der Waals surface area (Å²) in [5.41, 5.74) is 0.705. The van der Waals surface area contributed by atoms with Crippen molar-refractivity contribution in [2.24, 2.45) is 0 Å². The van der Waals surface area contributed by atoms with E-state index in [4.69, 9.17) is 4.42 Å². The summed E-state index contributed by atoms with van der Waals surface area (Å²) in [4.78, 5) is 0.732. The Balaban J connectivity index is 2.56. The van der Waals surface area contributed by atoms with Crippen molar-refractivity contribution >= 4 is 21.7 Å². The van der Waals surface area contributed by atoms with Crippen molar-refractivity contribution in [3.8, 4) is 5.75 Å². The van der Waals surface area contributed by atoms with E-state index in [0.717, 1.165) is 17.4 Å². The first-order valence-electron chi connectivity index (χ1n) is 4.91. The van der Waals surface area contributed by atoms with Crippen LogP contribution in [0.3, 0.4) is 0 Å². The van der Waals surface area contributed by atoms with Crippen LogP contribution in [0.4, 0.5) is 5.69 Å². The Morgan fingerprint density at radius 1 is 1.44 bits per heavy atom. The fourth-order valence-corrected chi connectivity index (χ4v) is 2.34. The number of hydrogen-bond acceptors (Lipinski definition) is 3. The Kier molecular flexibility index (Phi) is 2.57. The highest BCUT2D eigenvalue weighted by Gasteiger charge is 2.38. The molecule has 0 bridgehead atoms. The lowest BCUT2D eigenvalue weighted by molar-refractivity contribution is -0.739. The van der Waals surface area contributed by atoms with Gasteiger partial charge in [-0.3, -0.25) is 0 Å². The molecule has 0 saturated heterocycles. The summed E-state index contributed by atoms with van der Waals surface area (Å²) in [6.45, 7) is 4.51. The standard InChI is InChI=1S/C10H11NO4S/c1-3-11-7(2)15-10-5-4-8(6-9(10)11)16(12,13)14/h4-6H,3H2,1-2H3/p+1. The summed E-state index contributed by atoms with van der Waals surface area (Å²) >= 11 is 0. The van der Waals surface area contributed by atoms with Gasteiger partial charge in [-0.25, -0.2) is 8.42 Å². The van der Waals surface area contributed by atoms with Crippen LogP contribution >= 0.6 is 0 Å². The van der Waals surface area contributed by atoms with Gasteiger partial charge in [-0.15, -0.1) is 0 Å². The van der Waals surface area contributed by atoms with Crippen LogP contribution in [0.5, 0.6) is 5.75 Å². The Bertz CT molecular complexity index is 562. The molecule has 1 N–H and O–H groups in total. The first kappa shape index (κ1) is 11.3. The number of benzene rings is 1. The van der Waals surface area contributed by atoms with E-state index in [1.54, 1.807) is 0 Å². The SMILES string of the molecule is CC[NH+]1C(C)=[O+]c2ccc(S(=O)(=O)[O-])cc21. The normalized spacial score (nSPS) is 19.4. The molecular formula is C10H12NO4S+. The van der Waals surface area contributed by atoms with Crippen LogP contribution in [0.2, 0.25) is 0 Å². The van der Waals surface area contributed by atoms with Crippen LogP contribution in [-0.4, -0.2) is 25.4 Å². The Morgan fingerprint density at radius 2 is 2.12 bits per heavy atom. The molecule has 16 heavy (non-hydrogen) atoms. The highest BCUT2D eigenvalue weighted by atomic mass is 32.2. The molecule has 1 aromatic rings.